The lowest BCUT2D eigenvalue weighted by Gasteiger charge is -2.22. The standard InChI is InChI=1S/C15H22N2/c1-14(2,3)10-7-8-11-13(10)16-9-12(17-11)15(4,5)6/h7,9H,8H2,1-6H3. The second kappa shape index (κ2) is 3.66. The molecule has 2 heteroatoms. The Kier molecular flexibility index (Phi) is 2.64. The van der Waals surface area contributed by atoms with Gasteiger partial charge < -0.3 is 0 Å². The summed E-state index contributed by atoms with van der Waals surface area (Å²) in [5.41, 5.74) is 4.89. The summed E-state index contributed by atoms with van der Waals surface area (Å²) in [5.74, 6) is 0. The van der Waals surface area contributed by atoms with Crippen molar-refractivity contribution in [2.24, 2.45) is 5.41 Å². The summed E-state index contributed by atoms with van der Waals surface area (Å²) >= 11 is 0. The van der Waals surface area contributed by atoms with Crippen molar-refractivity contribution >= 4 is 5.57 Å². The summed E-state index contributed by atoms with van der Waals surface area (Å²) < 4.78 is 0. The minimum Gasteiger partial charge on any atom is -0.253 e. The summed E-state index contributed by atoms with van der Waals surface area (Å²) in [7, 11) is 0. The van der Waals surface area contributed by atoms with E-state index < -0.39 is 0 Å². The van der Waals surface area contributed by atoms with Crippen LogP contribution < -0.4 is 0 Å². The van der Waals surface area contributed by atoms with Gasteiger partial charge in [-0.3, -0.25) is 9.97 Å². The Morgan fingerprint density at radius 1 is 1.00 bits per heavy atom. The lowest BCUT2D eigenvalue weighted by Crippen LogP contribution is -2.16. The van der Waals surface area contributed by atoms with Gasteiger partial charge in [0.25, 0.3) is 0 Å². The SMILES string of the molecule is CC(C)(C)C1=CCc2nc(C(C)(C)C)cnc21. The first-order valence-electron chi connectivity index (χ1n) is 6.27. The highest BCUT2D eigenvalue weighted by Crippen LogP contribution is 2.38. The Morgan fingerprint density at radius 3 is 2.18 bits per heavy atom. The quantitative estimate of drug-likeness (QED) is 0.678. The summed E-state index contributed by atoms with van der Waals surface area (Å²) in [6.45, 7) is 13.2. The van der Waals surface area contributed by atoms with Crippen molar-refractivity contribution in [1.82, 2.24) is 9.97 Å². The van der Waals surface area contributed by atoms with E-state index in [2.05, 4.69) is 52.6 Å². The fraction of sp³-hybridized carbons (Fsp3) is 0.600. The lowest BCUT2D eigenvalue weighted by molar-refractivity contribution is 0.556. The molecule has 0 aliphatic heterocycles. The molecule has 0 unspecified atom stereocenters. The molecular formula is C15H22N2. The fourth-order valence-corrected chi connectivity index (χ4v) is 2.11. The average Bonchev–Trinajstić information content (AvgIpc) is 2.57. The van der Waals surface area contributed by atoms with Gasteiger partial charge in [0.1, 0.15) is 0 Å². The van der Waals surface area contributed by atoms with Gasteiger partial charge in [0.15, 0.2) is 0 Å². The molecule has 2 nitrogen and oxygen atoms in total. The lowest BCUT2D eigenvalue weighted by atomic mass is 9.85. The van der Waals surface area contributed by atoms with Gasteiger partial charge in [0.05, 0.1) is 17.1 Å². The molecule has 0 saturated heterocycles. The Morgan fingerprint density at radius 2 is 1.65 bits per heavy atom. The van der Waals surface area contributed by atoms with Crippen molar-refractivity contribution in [3.63, 3.8) is 0 Å². The monoisotopic (exact) mass is 230 g/mol. The van der Waals surface area contributed by atoms with Crippen molar-refractivity contribution in [3.05, 3.63) is 29.4 Å². The van der Waals surface area contributed by atoms with E-state index in [1.807, 2.05) is 6.20 Å². The van der Waals surface area contributed by atoms with Gasteiger partial charge in [-0.05, 0) is 11.0 Å². The Labute approximate surface area is 104 Å². The number of nitrogens with zero attached hydrogens (tertiary/aromatic N) is 2. The zero-order valence-corrected chi connectivity index (χ0v) is 11.8. The van der Waals surface area contributed by atoms with Crippen LogP contribution in [0.2, 0.25) is 0 Å². The van der Waals surface area contributed by atoms with E-state index in [1.165, 1.54) is 5.57 Å². The van der Waals surface area contributed by atoms with Crippen molar-refractivity contribution < 1.29 is 0 Å². The molecule has 0 atom stereocenters. The Balaban J connectivity index is 2.43. The number of allylic oxidation sites excluding steroid dienone is 2. The second-order valence-electron chi connectivity index (χ2n) is 6.87. The molecule has 0 spiro atoms. The van der Waals surface area contributed by atoms with E-state index in [0.29, 0.717) is 0 Å². The predicted molar refractivity (Wildman–Crippen MR) is 71.9 cm³/mol. The van der Waals surface area contributed by atoms with E-state index in [9.17, 15) is 0 Å². The van der Waals surface area contributed by atoms with E-state index in [0.717, 1.165) is 23.5 Å². The van der Waals surface area contributed by atoms with Gasteiger partial charge in [-0.1, -0.05) is 47.6 Å². The van der Waals surface area contributed by atoms with Crippen LogP contribution >= 0.6 is 0 Å². The van der Waals surface area contributed by atoms with Crippen LogP contribution in [0.15, 0.2) is 12.3 Å². The third kappa shape index (κ3) is 2.26. The Hall–Kier alpha value is -1.18. The third-order valence-corrected chi connectivity index (χ3v) is 3.18. The van der Waals surface area contributed by atoms with Gasteiger partial charge in [-0.25, -0.2) is 0 Å². The zero-order chi connectivity index (χ0) is 12.8. The summed E-state index contributed by atoms with van der Waals surface area (Å²) in [4.78, 5) is 9.42. The Bertz CT molecular complexity index is 471. The van der Waals surface area contributed by atoms with Gasteiger partial charge in [-0.2, -0.15) is 0 Å². The minimum atomic E-state index is 0.0759. The highest BCUT2D eigenvalue weighted by atomic mass is 14.8. The first kappa shape index (κ1) is 12.3. The maximum atomic E-state index is 4.77. The molecule has 1 aromatic rings. The number of hydrogen-bond donors (Lipinski definition) is 0. The third-order valence-electron chi connectivity index (χ3n) is 3.18. The van der Waals surface area contributed by atoms with Crippen molar-refractivity contribution in [2.75, 3.05) is 0 Å². The molecule has 0 saturated carbocycles. The van der Waals surface area contributed by atoms with Crippen LogP contribution in [0.5, 0.6) is 0 Å². The average molecular weight is 230 g/mol. The van der Waals surface area contributed by atoms with E-state index in [1.54, 1.807) is 0 Å². The molecule has 1 aliphatic carbocycles. The number of rotatable bonds is 0. The minimum absolute atomic E-state index is 0.0759. The fourth-order valence-electron chi connectivity index (χ4n) is 2.11. The number of fused-ring (bicyclic) bond motifs is 1. The highest BCUT2D eigenvalue weighted by molar-refractivity contribution is 5.72. The van der Waals surface area contributed by atoms with Gasteiger partial charge in [0.2, 0.25) is 0 Å². The van der Waals surface area contributed by atoms with Crippen molar-refractivity contribution in [1.29, 1.82) is 0 Å². The predicted octanol–water partition coefficient (Wildman–Crippen LogP) is 3.76. The smallest absolute Gasteiger partial charge is 0.0882 e. The molecule has 0 radical (unpaired) electrons. The summed E-state index contributed by atoms with van der Waals surface area (Å²) in [6, 6.07) is 0. The van der Waals surface area contributed by atoms with Crippen LogP contribution in [0, 0.1) is 5.41 Å². The number of hydrogen-bond acceptors (Lipinski definition) is 2. The maximum absolute atomic E-state index is 4.77. The van der Waals surface area contributed by atoms with Crippen molar-refractivity contribution in [3.8, 4) is 0 Å². The molecule has 0 aromatic carbocycles. The largest absolute Gasteiger partial charge is 0.253 e. The normalized spacial score (nSPS) is 15.8. The van der Waals surface area contributed by atoms with Crippen LogP contribution in [0.25, 0.3) is 5.57 Å². The molecule has 0 amide bonds. The topological polar surface area (TPSA) is 25.8 Å². The van der Waals surface area contributed by atoms with E-state index in [4.69, 9.17) is 4.98 Å². The summed E-state index contributed by atoms with van der Waals surface area (Å²) in [5, 5.41) is 0. The van der Waals surface area contributed by atoms with Gasteiger partial charge in [0, 0.05) is 18.0 Å². The molecular weight excluding hydrogens is 208 g/mol. The molecule has 1 aliphatic rings. The highest BCUT2D eigenvalue weighted by Gasteiger charge is 2.28. The molecule has 0 fully saturated rings. The molecule has 2 rings (SSSR count). The zero-order valence-electron chi connectivity index (χ0n) is 11.8. The first-order chi connectivity index (χ1) is 7.69. The molecule has 0 bridgehead atoms. The van der Waals surface area contributed by atoms with Crippen LogP contribution in [-0.2, 0) is 11.8 Å². The van der Waals surface area contributed by atoms with Crippen LogP contribution in [0.1, 0.15) is 58.6 Å². The molecule has 92 valence electrons. The van der Waals surface area contributed by atoms with Crippen molar-refractivity contribution in [2.45, 2.75) is 53.4 Å². The van der Waals surface area contributed by atoms with E-state index in [-0.39, 0.29) is 10.8 Å². The van der Waals surface area contributed by atoms with Crippen LogP contribution in [0.4, 0.5) is 0 Å². The maximum Gasteiger partial charge on any atom is 0.0882 e. The first-order valence-corrected chi connectivity index (χ1v) is 6.27. The molecule has 17 heavy (non-hydrogen) atoms. The van der Waals surface area contributed by atoms with Gasteiger partial charge in [-0.15, -0.1) is 0 Å². The van der Waals surface area contributed by atoms with Crippen LogP contribution in [-0.4, -0.2) is 9.97 Å². The number of aromatic nitrogens is 2. The van der Waals surface area contributed by atoms with E-state index >= 15 is 0 Å². The molecule has 1 heterocycles. The second-order valence-corrected chi connectivity index (χ2v) is 6.87. The molecule has 1 aromatic heterocycles. The van der Waals surface area contributed by atoms with Gasteiger partial charge >= 0.3 is 0 Å². The summed E-state index contributed by atoms with van der Waals surface area (Å²) in [6.07, 6.45) is 5.14. The molecule has 0 N–H and O–H groups in total. The van der Waals surface area contributed by atoms with Crippen LogP contribution in [0.3, 0.4) is 0 Å².